The van der Waals surface area contributed by atoms with Gasteiger partial charge >= 0.3 is 5.97 Å². The van der Waals surface area contributed by atoms with Crippen molar-refractivity contribution in [3.05, 3.63) is 29.8 Å². The minimum absolute atomic E-state index is 0.357. The van der Waals surface area contributed by atoms with Crippen molar-refractivity contribution in [3.8, 4) is 5.75 Å². The molecule has 0 saturated heterocycles. The van der Waals surface area contributed by atoms with E-state index in [4.69, 9.17) is 4.74 Å². The molecule has 96 valence electrons. The molecule has 0 amide bonds. The molecule has 0 unspecified atom stereocenters. The third-order valence-corrected chi connectivity index (χ3v) is 2.22. The summed E-state index contributed by atoms with van der Waals surface area (Å²) >= 11 is 0. The van der Waals surface area contributed by atoms with Crippen LogP contribution < -0.4 is 4.74 Å². The number of benzene rings is 1. The van der Waals surface area contributed by atoms with Crippen LogP contribution in [0.4, 0.5) is 0 Å². The van der Waals surface area contributed by atoms with Gasteiger partial charge in [0.2, 0.25) is 5.78 Å². The fourth-order valence-corrected chi connectivity index (χ4v) is 1.34. The molecule has 0 aliphatic carbocycles. The fourth-order valence-electron chi connectivity index (χ4n) is 1.34. The van der Waals surface area contributed by atoms with Crippen LogP contribution in [0.15, 0.2) is 24.3 Å². The number of ketones is 2. The highest BCUT2D eigenvalue weighted by Crippen LogP contribution is 2.13. The third kappa shape index (κ3) is 3.69. The van der Waals surface area contributed by atoms with E-state index in [9.17, 15) is 14.4 Å². The largest absolute Gasteiger partial charge is 0.494 e. The van der Waals surface area contributed by atoms with Gasteiger partial charge < -0.3 is 9.47 Å². The van der Waals surface area contributed by atoms with E-state index in [2.05, 4.69) is 4.74 Å². The van der Waals surface area contributed by atoms with Crippen LogP contribution in [0, 0.1) is 0 Å². The van der Waals surface area contributed by atoms with Gasteiger partial charge in [0.1, 0.15) is 5.75 Å². The molecule has 18 heavy (non-hydrogen) atoms. The summed E-state index contributed by atoms with van der Waals surface area (Å²) in [6.07, 6.45) is -0.485. The summed E-state index contributed by atoms with van der Waals surface area (Å²) < 4.78 is 9.46. The topological polar surface area (TPSA) is 69.7 Å². The quantitative estimate of drug-likeness (QED) is 0.330. The fraction of sp³-hybridized carbons (Fsp3) is 0.308. The normalized spacial score (nSPS) is 9.67. The summed E-state index contributed by atoms with van der Waals surface area (Å²) in [6.45, 7) is 2.39. The molecule has 0 aliphatic heterocycles. The van der Waals surface area contributed by atoms with Gasteiger partial charge in [-0.25, -0.2) is 4.79 Å². The minimum Gasteiger partial charge on any atom is -0.494 e. The van der Waals surface area contributed by atoms with Crippen molar-refractivity contribution < 1.29 is 23.9 Å². The number of Topliss-reactive ketones (excluding diaryl/α,β-unsaturated/α-hetero) is 2. The average molecular weight is 250 g/mol. The summed E-state index contributed by atoms with van der Waals surface area (Å²) in [6, 6.07) is 6.38. The van der Waals surface area contributed by atoms with E-state index in [1.54, 1.807) is 24.3 Å². The van der Waals surface area contributed by atoms with Gasteiger partial charge in [0.25, 0.3) is 0 Å². The van der Waals surface area contributed by atoms with Gasteiger partial charge in [-0.15, -0.1) is 0 Å². The monoisotopic (exact) mass is 250 g/mol. The molecule has 0 bridgehead atoms. The van der Waals surface area contributed by atoms with Crippen LogP contribution in [0.3, 0.4) is 0 Å². The van der Waals surface area contributed by atoms with Gasteiger partial charge in [0, 0.05) is 5.56 Å². The van der Waals surface area contributed by atoms with E-state index in [0.29, 0.717) is 17.9 Å². The predicted octanol–water partition coefficient (Wildman–Crippen LogP) is 1.40. The second-order valence-corrected chi connectivity index (χ2v) is 3.47. The highest BCUT2D eigenvalue weighted by Gasteiger charge is 2.19. The zero-order valence-corrected chi connectivity index (χ0v) is 10.3. The molecular weight excluding hydrogens is 236 g/mol. The van der Waals surface area contributed by atoms with Crippen LogP contribution >= 0.6 is 0 Å². The van der Waals surface area contributed by atoms with E-state index in [-0.39, 0.29) is 0 Å². The lowest BCUT2D eigenvalue weighted by Gasteiger charge is -2.04. The lowest BCUT2D eigenvalue weighted by molar-refractivity contribution is -0.151. The van der Waals surface area contributed by atoms with Gasteiger partial charge in [-0.2, -0.15) is 0 Å². The number of rotatable bonds is 6. The maximum Gasteiger partial charge on any atom is 0.374 e. The molecule has 5 nitrogen and oxygen atoms in total. The molecule has 0 N–H and O–H groups in total. The first-order valence-corrected chi connectivity index (χ1v) is 5.45. The van der Waals surface area contributed by atoms with Crippen molar-refractivity contribution in [2.24, 2.45) is 0 Å². The zero-order valence-electron chi connectivity index (χ0n) is 10.3. The number of esters is 1. The van der Waals surface area contributed by atoms with E-state index in [1.165, 1.54) is 0 Å². The Morgan fingerprint density at radius 1 is 1.11 bits per heavy atom. The van der Waals surface area contributed by atoms with Crippen molar-refractivity contribution in [3.63, 3.8) is 0 Å². The van der Waals surface area contributed by atoms with Crippen LogP contribution in [0.25, 0.3) is 0 Å². The minimum atomic E-state index is -1.01. The molecule has 0 aromatic heterocycles. The number of carbonyl (C=O) groups is 3. The summed E-state index contributed by atoms with van der Waals surface area (Å²) in [5.74, 6) is -1.63. The Morgan fingerprint density at radius 3 is 2.22 bits per heavy atom. The summed E-state index contributed by atoms with van der Waals surface area (Å²) in [5.41, 5.74) is 0.357. The van der Waals surface area contributed by atoms with Crippen LogP contribution in [-0.4, -0.2) is 31.3 Å². The molecule has 0 heterocycles. The third-order valence-electron chi connectivity index (χ3n) is 2.22. The second-order valence-electron chi connectivity index (χ2n) is 3.47. The zero-order chi connectivity index (χ0) is 13.5. The highest BCUT2D eigenvalue weighted by atomic mass is 16.5. The van der Waals surface area contributed by atoms with Crippen molar-refractivity contribution in [2.75, 3.05) is 13.7 Å². The molecule has 5 heteroatoms. The number of hydrogen-bond acceptors (Lipinski definition) is 5. The second kappa shape index (κ2) is 6.54. The van der Waals surface area contributed by atoms with E-state index in [0.717, 1.165) is 7.11 Å². The van der Waals surface area contributed by atoms with E-state index >= 15 is 0 Å². The van der Waals surface area contributed by atoms with Crippen molar-refractivity contribution in [2.45, 2.75) is 13.3 Å². The van der Waals surface area contributed by atoms with Crippen LogP contribution in [0.5, 0.6) is 5.75 Å². The lowest BCUT2D eigenvalue weighted by atomic mass is 10.1. The standard InChI is InChI=1S/C13H14O5/c1-3-18-10-6-4-9(5-7-10)11(14)8-12(15)13(16)17-2/h4-7H,3,8H2,1-2H3. The van der Waals surface area contributed by atoms with Gasteiger partial charge in [-0.3, -0.25) is 9.59 Å². The summed E-state index contributed by atoms with van der Waals surface area (Å²) in [7, 11) is 1.10. The lowest BCUT2D eigenvalue weighted by Crippen LogP contribution is -2.19. The molecule has 0 atom stereocenters. The van der Waals surface area contributed by atoms with Crippen LogP contribution in [0.2, 0.25) is 0 Å². The summed E-state index contributed by atoms with van der Waals surface area (Å²) in [5, 5.41) is 0. The SMILES string of the molecule is CCOc1ccc(C(=O)CC(=O)C(=O)OC)cc1. The van der Waals surface area contributed by atoms with Gasteiger partial charge in [-0.05, 0) is 31.2 Å². The van der Waals surface area contributed by atoms with Gasteiger partial charge in [0.15, 0.2) is 5.78 Å². The Kier molecular flexibility index (Phi) is 5.05. The molecule has 0 fully saturated rings. The molecule has 1 aromatic rings. The highest BCUT2D eigenvalue weighted by molar-refractivity contribution is 6.38. The smallest absolute Gasteiger partial charge is 0.374 e. The maximum atomic E-state index is 11.7. The molecule has 0 aliphatic rings. The Bertz CT molecular complexity index is 447. The Balaban J connectivity index is 2.67. The van der Waals surface area contributed by atoms with Crippen LogP contribution in [-0.2, 0) is 14.3 Å². The molecule has 1 rings (SSSR count). The van der Waals surface area contributed by atoms with E-state index in [1.807, 2.05) is 6.92 Å². The first-order chi connectivity index (χ1) is 8.58. The van der Waals surface area contributed by atoms with Crippen molar-refractivity contribution in [1.82, 2.24) is 0 Å². The van der Waals surface area contributed by atoms with E-state index < -0.39 is 24.0 Å². The number of carbonyl (C=O) groups excluding carboxylic acids is 3. The molecular formula is C13H14O5. The molecule has 1 aromatic carbocycles. The first-order valence-electron chi connectivity index (χ1n) is 5.45. The summed E-state index contributed by atoms with van der Waals surface area (Å²) in [4.78, 5) is 33.8. The average Bonchev–Trinajstić information content (AvgIpc) is 2.38. The van der Waals surface area contributed by atoms with Crippen molar-refractivity contribution >= 4 is 17.5 Å². The predicted molar refractivity (Wildman–Crippen MR) is 63.6 cm³/mol. The number of hydrogen-bond donors (Lipinski definition) is 0. The Labute approximate surface area is 105 Å². The Morgan fingerprint density at radius 2 is 1.72 bits per heavy atom. The molecule has 0 radical (unpaired) electrons. The number of ether oxygens (including phenoxy) is 2. The number of methoxy groups -OCH3 is 1. The van der Waals surface area contributed by atoms with Gasteiger partial charge in [-0.1, -0.05) is 0 Å². The Hall–Kier alpha value is -2.17. The molecule has 0 spiro atoms. The molecule has 0 saturated carbocycles. The first kappa shape index (κ1) is 13.9. The van der Waals surface area contributed by atoms with Gasteiger partial charge in [0.05, 0.1) is 20.1 Å². The van der Waals surface area contributed by atoms with Crippen LogP contribution in [0.1, 0.15) is 23.7 Å². The van der Waals surface area contributed by atoms with Crippen molar-refractivity contribution in [1.29, 1.82) is 0 Å². The maximum absolute atomic E-state index is 11.7.